The van der Waals surface area contributed by atoms with E-state index in [0.717, 1.165) is 39.0 Å². The number of benzene rings is 1. The van der Waals surface area contributed by atoms with E-state index in [1.165, 1.54) is 5.56 Å². The first-order chi connectivity index (χ1) is 10.5. The summed E-state index contributed by atoms with van der Waals surface area (Å²) in [5.41, 5.74) is 1.40. The Kier molecular flexibility index (Phi) is 3.16. The molecule has 0 amide bonds. The van der Waals surface area contributed by atoms with Crippen LogP contribution in [0.3, 0.4) is 0 Å². The summed E-state index contributed by atoms with van der Waals surface area (Å²) in [5.74, 6) is -0.159. The minimum atomic E-state index is -0.159. The molecule has 4 aliphatic heterocycles. The zero-order valence-electron chi connectivity index (χ0n) is 13.5. The zero-order valence-corrected chi connectivity index (χ0v) is 13.5. The number of halogens is 1. The lowest BCUT2D eigenvalue weighted by atomic mass is 9.57. The van der Waals surface area contributed by atoms with E-state index >= 15 is 0 Å². The van der Waals surface area contributed by atoms with Crippen molar-refractivity contribution in [2.24, 2.45) is 10.8 Å². The molecule has 0 aromatic heterocycles. The van der Waals surface area contributed by atoms with Crippen molar-refractivity contribution in [3.05, 3.63) is 35.6 Å². The van der Waals surface area contributed by atoms with Gasteiger partial charge < -0.3 is 5.11 Å². The molecule has 0 aliphatic carbocycles. The third-order valence-corrected chi connectivity index (χ3v) is 6.90. The number of aliphatic hydroxyl groups is 1. The molecular weight excluding hydrogens is 279 g/mol. The van der Waals surface area contributed by atoms with E-state index in [1.54, 1.807) is 21.9 Å². The number of rotatable bonds is 3. The number of hydrogen-bond acceptors (Lipinski definition) is 1. The maximum atomic E-state index is 13.2. The fraction of sp³-hybridized carbons (Fsp3) is 0.667. The predicted molar refractivity (Wildman–Crippen MR) is 82.0 cm³/mol. The summed E-state index contributed by atoms with van der Waals surface area (Å²) in [7, 11) is 0. The zero-order chi connectivity index (χ0) is 15.5. The second-order valence-corrected chi connectivity index (χ2v) is 7.84. The molecule has 0 atom stereocenters. The summed E-state index contributed by atoms with van der Waals surface area (Å²) >= 11 is 0. The van der Waals surface area contributed by atoms with E-state index < -0.39 is 0 Å². The van der Waals surface area contributed by atoms with E-state index in [9.17, 15) is 9.50 Å². The first-order valence-corrected chi connectivity index (χ1v) is 8.66. The lowest BCUT2D eigenvalue weighted by Crippen LogP contribution is -3.41. The lowest BCUT2D eigenvalue weighted by molar-refractivity contribution is -1.19. The van der Waals surface area contributed by atoms with Gasteiger partial charge in [-0.2, -0.15) is 0 Å². The van der Waals surface area contributed by atoms with Gasteiger partial charge in [0, 0.05) is 0 Å². The molecule has 0 radical (unpaired) electrons. The third kappa shape index (κ3) is 1.78. The fourth-order valence-electron chi connectivity index (χ4n) is 5.81. The summed E-state index contributed by atoms with van der Waals surface area (Å²) in [5, 5.41) is 11.0. The molecule has 4 saturated heterocycles. The highest BCUT2D eigenvalue weighted by Crippen LogP contribution is 2.44. The van der Waals surface area contributed by atoms with Gasteiger partial charge in [0.15, 0.2) is 0 Å². The highest BCUT2D eigenvalue weighted by Gasteiger charge is 2.69. The molecule has 0 saturated carbocycles. The SMILES string of the molecule is CCC12C[NH+]3CC(CC)(C[NH+](C1)C3c1ccc(F)cc1)C2O. The van der Waals surface area contributed by atoms with E-state index in [2.05, 4.69) is 13.8 Å². The van der Waals surface area contributed by atoms with Crippen LogP contribution in [-0.4, -0.2) is 37.4 Å². The van der Waals surface area contributed by atoms with Crippen LogP contribution in [-0.2, 0) is 0 Å². The Morgan fingerprint density at radius 2 is 1.45 bits per heavy atom. The normalized spacial score (nSPS) is 46.2. The smallest absolute Gasteiger partial charge is 0.240 e. The van der Waals surface area contributed by atoms with Crippen LogP contribution >= 0.6 is 0 Å². The summed E-state index contributed by atoms with van der Waals surface area (Å²) in [6.07, 6.45) is 2.36. The first-order valence-electron chi connectivity index (χ1n) is 8.66. The fourth-order valence-corrected chi connectivity index (χ4v) is 5.81. The predicted octanol–water partition coefficient (Wildman–Crippen LogP) is -0.211. The van der Waals surface area contributed by atoms with Gasteiger partial charge in [-0.25, -0.2) is 4.39 Å². The van der Waals surface area contributed by atoms with Crippen molar-refractivity contribution in [3.63, 3.8) is 0 Å². The number of hydrogen-bond donors (Lipinski definition) is 3. The minimum absolute atomic E-state index is 0.0771. The maximum absolute atomic E-state index is 13.2. The van der Waals surface area contributed by atoms with Crippen LogP contribution in [0.2, 0.25) is 0 Å². The average Bonchev–Trinajstić information content (AvgIpc) is 2.52. The van der Waals surface area contributed by atoms with Crippen molar-refractivity contribution in [1.29, 1.82) is 0 Å². The standard InChI is InChI=1S/C18H25FN2O/c1-3-17-9-20-11-18(4-2,16(17)22)12-21(10-17)15(20)13-5-7-14(19)8-6-13/h5-8,15-16,22H,3-4,9-12H2,1-2H3/p+2. The highest BCUT2D eigenvalue weighted by atomic mass is 19.1. The Labute approximate surface area is 131 Å². The van der Waals surface area contributed by atoms with Gasteiger partial charge in [0.1, 0.15) is 5.82 Å². The Morgan fingerprint density at radius 1 is 1.00 bits per heavy atom. The largest absolute Gasteiger partial charge is 0.391 e. The molecule has 3 nitrogen and oxygen atoms in total. The van der Waals surface area contributed by atoms with Gasteiger partial charge >= 0.3 is 0 Å². The van der Waals surface area contributed by atoms with Crippen LogP contribution in [0.5, 0.6) is 0 Å². The van der Waals surface area contributed by atoms with E-state index in [1.807, 2.05) is 12.1 Å². The average molecular weight is 306 g/mol. The van der Waals surface area contributed by atoms with Crippen molar-refractivity contribution in [1.82, 2.24) is 0 Å². The van der Waals surface area contributed by atoms with Crippen LogP contribution < -0.4 is 9.80 Å². The van der Waals surface area contributed by atoms with Gasteiger partial charge in [-0.15, -0.1) is 0 Å². The first kappa shape index (κ1) is 14.6. The molecule has 0 unspecified atom stereocenters. The van der Waals surface area contributed by atoms with Gasteiger partial charge in [0.05, 0.1) is 48.7 Å². The van der Waals surface area contributed by atoms with Gasteiger partial charge in [-0.05, 0) is 37.1 Å². The maximum Gasteiger partial charge on any atom is 0.240 e. The summed E-state index contributed by atoms with van der Waals surface area (Å²) in [4.78, 5) is 3.18. The van der Waals surface area contributed by atoms with Crippen molar-refractivity contribution in [3.8, 4) is 0 Å². The van der Waals surface area contributed by atoms with E-state index in [4.69, 9.17) is 0 Å². The number of piperidine rings is 2. The molecule has 4 heterocycles. The molecule has 1 aromatic carbocycles. The second kappa shape index (κ2) is 4.76. The summed E-state index contributed by atoms with van der Waals surface area (Å²) in [6, 6.07) is 7.08. The quantitative estimate of drug-likeness (QED) is 0.709. The summed E-state index contributed by atoms with van der Waals surface area (Å²) < 4.78 is 13.2. The van der Waals surface area contributed by atoms with Crippen LogP contribution in [0.15, 0.2) is 24.3 Å². The molecule has 22 heavy (non-hydrogen) atoms. The van der Waals surface area contributed by atoms with Crippen LogP contribution in [0.1, 0.15) is 38.4 Å². The Bertz CT molecular complexity index is 533. The van der Waals surface area contributed by atoms with E-state index in [-0.39, 0.29) is 22.8 Å². The van der Waals surface area contributed by atoms with Gasteiger partial charge in [0.2, 0.25) is 6.17 Å². The molecule has 4 fully saturated rings. The molecule has 4 aliphatic rings. The highest BCUT2D eigenvalue weighted by molar-refractivity contribution is 5.18. The van der Waals surface area contributed by atoms with Gasteiger partial charge in [0.25, 0.3) is 0 Å². The molecule has 120 valence electrons. The Balaban J connectivity index is 1.73. The monoisotopic (exact) mass is 306 g/mol. The van der Waals surface area contributed by atoms with Crippen molar-refractivity contribution >= 4 is 0 Å². The molecular formula is C18H27FN2O+2. The lowest BCUT2D eigenvalue weighted by Gasteiger charge is -2.64. The summed E-state index contributed by atoms with van der Waals surface area (Å²) in [6.45, 7) is 8.67. The number of aliphatic hydroxyl groups excluding tert-OH is 1. The molecule has 4 bridgehead atoms. The van der Waals surface area contributed by atoms with Crippen LogP contribution in [0, 0.1) is 16.6 Å². The Hall–Kier alpha value is -0.970. The Morgan fingerprint density at radius 3 is 1.86 bits per heavy atom. The van der Waals surface area contributed by atoms with Crippen LogP contribution in [0.4, 0.5) is 4.39 Å². The van der Waals surface area contributed by atoms with Gasteiger partial charge in [-0.3, -0.25) is 9.80 Å². The molecule has 4 heteroatoms. The van der Waals surface area contributed by atoms with Crippen molar-refractivity contribution in [2.75, 3.05) is 26.2 Å². The third-order valence-electron chi connectivity index (χ3n) is 6.90. The number of quaternary nitrogens is 2. The molecule has 1 aromatic rings. The van der Waals surface area contributed by atoms with Crippen molar-refractivity contribution in [2.45, 2.75) is 39.0 Å². The minimum Gasteiger partial charge on any atom is -0.391 e. The molecule has 5 rings (SSSR count). The number of nitrogens with one attached hydrogen (secondary N) is 2. The second-order valence-electron chi connectivity index (χ2n) is 7.84. The topological polar surface area (TPSA) is 29.1 Å². The van der Waals surface area contributed by atoms with Gasteiger partial charge in [-0.1, -0.05) is 13.8 Å². The van der Waals surface area contributed by atoms with Crippen molar-refractivity contribution < 1.29 is 19.3 Å². The molecule has 0 spiro atoms. The van der Waals surface area contributed by atoms with E-state index in [0.29, 0.717) is 6.17 Å². The van der Waals surface area contributed by atoms with Crippen LogP contribution in [0.25, 0.3) is 0 Å². The molecule has 3 N–H and O–H groups in total.